The van der Waals surface area contributed by atoms with E-state index in [-0.39, 0.29) is 19.6 Å². The van der Waals surface area contributed by atoms with Crippen LogP contribution in [0.2, 0.25) is 0 Å². The molecular formula is C25H30N2O5. The van der Waals surface area contributed by atoms with Gasteiger partial charge >= 0.3 is 11.9 Å². The molecule has 7 nitrogen and oxygen atoms in total. The third kappa shape index (κ3) is 5.16. The number of aliphatic hydroxyl groups is 1. The van der Waals surface area contributed by atoms with Crippen molar-refractivity contribution < 1.29 is 24.2 Å². The second-order valence-corrected chi connectivity index (χ2v) is 8.01. The first-order chi connectivity index (χ1) is 15.4. The molecule has 0 aliphatic heterocycles. The minimum absolute atomic E-state index is 0.0170. The molecule has 2 aromatic carbocycles. The van der Waals surface area contributed by atoms with E-state index in [1.54, 1.807) is 20.8 Å². The van der Waals surface area contributed by atoms with Crippen LogP contribution in [0.3, 0.4) is 0 Å². The van der Waals surface area contributed by atoms with Crippen molar-refractivity contribution in [2.24, 2.45) is 16.9 Å². The first-order valence-electron chi connectivity index (χ1n) is 10.9. The molecule has 3 rings (SSSR count). The van der Waals surface area contributed by atoms with Crippen LogP contribution in [-0.2, 0) is 19.1 Å². The molecule has 1 aliphatic rings. The maximum absolute atomic E-state index is 13.2. The highest BCUT2D eigenvalue weighted by molar-refractivity contribution is 6.06. The number of nitrogens with one attached hydrogen (secondary N) is 1. The van der Waals surface area contributed by atoms with Crippen molar-refractivity contribution in [1.29, 1.82) is 0 Å². The molecule has 0 bridgehead atoms. The van der Waals surface area contributed by atoms with Gasteiger partial charge in [0.25, 0.3) is 0 Å². The molecule has 1 fully saturated rings. The third-order valence-electron chi connectivity index (χ3n) is 5.65. The van der Waals surface area contributed by atoms with Crippen LogP contribution in [0.1, 0.15) is 38.7 Å². The number of nitrogens with zero attached hydrogens (tertiary/aromatic N) is 1. The SMILES string of the molecule is CCOC(=O)[C@@H]1C(=NNc2ccccc2)C[C@](C)(O)[C@H](C(=O)OCC)[C@H]1c1ccccc1. The first kappa shape index (κ1) is 23.5. The van der Waals surface area contributed by atoms with Crippen LogP contribution in [-0.4, -0.2) is 41.6 Å². The predicted molar refractivity (Wildman–Crippen MR) is 122 cm³/mol. The maximum atomic E-state index is 13.2. The van der Waals surface area contributed by atoms with Gasteiger partial charge in [-0.1, -0.05) is 48.5 Å². The zero-order valence-electron chi connectivity index (χ0n) is 18.7. The number of carbonyl (C=O) groups excluding carboxylic acids is 2. The predicted octanol–water partition coefficient (Wildman–Crippen LogP) is 3.75. The van der Waals surface area contributed by atoms with Crippen LogP contribution in [0.25, 0.3) is 0 Å². The Kier molecular flexibility index (Phi) is 7.64. The second kappa shape index (κ2) is 10.4. The van der Waals surface area contributed by atoms with Gasteiger partial charge < -0.3 is 14.6 Å². The summed E-state index contributed by atoms with van der Waals surface area (Å²) in [6.45, 7) is 5.40. The molecule has 0 aromatic heterocycles. The van der Waals surface area contributed by atoms with E-state index < -0.39 is 35.3 Å². The van der Waals surface area contributed by atoms with Gasteiger partial charge in [0.05, 0.1) is 36.1 Å². The number of hydrogen-bond acceptors (Lipinski definition) is 7. The minimum atomic E-state index is -1.48. The maximum Gasteiger partial charge on any atom is 0.315 e. The van der Waals surface area contributed by atoms with E-state index in [2.05, 4.69) is 10.5 Å². The standard InChI is InChI=1S/C25H30N2O5/c1-4-31-23(28)21-19(27-26-18-14-10-7-11-15-18)16-25(3,30)22(24(29)32-5-2)20(21)17-12-8-6-9-13-17/h6-15,20-22,26,30H,4-5,16H2,1-3H3/t20-,21+,22-,25-/m0/s1. The lowest BCUT2D eigenvalue weighted by Gasteiger charge is -2.45. The molecular weight excluding hydrogens is 408 g/mol. The number of esters is 2. The molecule has 1 aliphatic carbocycles. The summed E-state index contributed by atoms with van der Waals surface area (Å²) in [5.74, 6) is -3.55. The van der Waals surface area contributed by atoms with E-state index >= 15 is 0 Å². The van der Waals surface area contributed by atoms with E-state index in [9.17, 15) is 14.7 Å². The van der Waals surface area contributed by atoms with Crippen molar-refractivity contribution >= 4 is 23.3 Å². The molecule has 0 spiro atoms. The Hall–Kier alpha value is -3.19. The average molecular weight is 439 g/mol. The number of carbonyl (C=O) groups is 2. The number of rotatable bonds is 7. The minimum Gasteiger partial charge on any atom is -0.466 e. The van der Waals surface area contributed by atoms with Gasteiger partial charge in [0.2, 0.25) is 0 Å². The van der Waals surface area contributed by atoms with E-state index in [1.807, 2.05) is 60.7 Å². The van der Waals surface area contributed by atoms with Crippen molar-refractivity contribution in [2.45, 2.75) is 38.7 Å². The number of ether oxygens (including phenoxy) is 2. The van der Waals surface area contributed by atoms with E-state index in [4.69, 9.17) is 9.47 Å². The number of hydrogen-bond donors (Lipinski definition) is 2. The lowest BCUT2D eigenvalue weighted by molar-refractivity contribution is -0.163. The van der Waals surface area contributed by atoms with Gasteiger partial charge in [-0.25, -0.2) is 0 Å². The molecule has 0 saturated heterocycles. The van der Waals surface area contributed by atoms with Crippen LogP contribution >= 0.6 is 0 Å². The topological polar surface area (TPSA) is 97.2 Å². The molecule has 4 atom stereocenters. The molecule has 2 N–H and O–H groups in total. The number of anilines is 1. The molecule has 0 heterocycles. The Morgan fingerprint density at radius 3 is 2.16 bits per heavy atom. The van der Waals surface area contributed by atoms with Gasteiger partial charge in [-0.05, 0) is 38.5 Å². The first-order valence-corrected chi connectivity index (χ1v) is 10.9. The summed E-state index contributed by atoms with van der Waals surface area (Å²) in [4.78, 5) is 26.2. The summed E-state index contributed by atoms with van der Waals surface area (Å²) in [5, 5.41) is 15.9. The van der Waals surface area contributed by atoms with Crippen LogP contribution in [0.4, 0.5) is 5.69 Å². The van der Waals surface area contributed by atoms with Gasteiger partial charge in [0.1, 0.15) is 5.92 Å². The third-order valence-corrected chi connectivity index (χ3v) is 5.65. The molecule has 0 amide bonds. The molecule has 1 saturated carbocycles. The second-order valence-electron chi connectivity index (χ2n) is 8.01. The molecule has 32 heavy (non-hydrogen) atoms. The highest BCUT2D eigenvalue weighted by atomic mass is 16.5. The zero-order valence-corrected chi connectivity index (χ0v) is 18.7. The van der Waals surface area contributed by atoms with Gasteiger partial charge in [-0.15, -0.1) is 0 Å². The van der Waals surface area contributed by atoms with E-state index in [1.165, 1.54) is 0 Å². The largest absolute Gasteiger partial charge is 0.466 e. The Morgan fingerprint density at radius 1 is 1.00 bits per heavy atom. The van der Waals surface area contributed by atoms with E-state index in [0.29, 0.717) is 5.71 Å². The number of para-hydroxylation sites is 1. The summed E-state index contributed by atoms with van der Waals surface area (Å²) in [7, 11) is 0. The van der Waals surface area contributed by atoms with Crippen molar-refractivity contribution in [1.82, 2.24) is 0 Å². The normalized spacial score (nSPS) is 26.4. The van der Waals surface area contributed by atoms with Crippen LogP contribution < -0.4 is 5.43 Å². The van der Waals surface area contributed by atoms with Gasteiger partial charge in [-0.2, -0.15) is 5.10 Å². The lowest BCUT2D eigenvalue weighted by Crippen LogP contribution is -2.55. The Labute approximate surface area is 188 Å². The monoisotopic (exact) mass is 438 g/mol. The van der Waals surface area contributed by atoms with Crippen molar-refractivity contribution in [3.63, 3.8) is 0 Å². The smallest absolute Gasteiger partial charge is 0.315 e. The fourth-order valence-corrected chi connectivity index (χ4v) is 4.34. The summed E-state index contributed by atoms with van der Waals surface area (Å²) < 4.78 is 10.7. The summed E-state index contributed by atoms with van der Waals surface area (Å²) in [5.41, 5.74) is 3.39. The summed E-state index contributed by atoms with van der Waals surface area (Å²) >= 11 is 0. The number of hydrazone groups is 1. The fourth-order valence-electron chi connectivity index (χ4n) is 4.34. The highest BCUT2D eigenvalue weighted by Gasteiger charge is 2.56. The Bertz CT molecular complexity index is 943. The van der Waals surface area contributed by atoms with Crippen LogP contribution in [0, 0.1) is 11.8 Å². The molecule has 7 heteroatoms. The molecule has 0 unspecified atom stereocenters. The summed E-state index contributed by atoms with van der Waals surface area (Å²) in [6.07, 6.45) is 0.0170. The quantitative estimate of drug-likeness (QED) is 0.505. The number of benzene rings is 2. The van der Waals surface area contributed by atoms with Gasteiger partial charge in [0.15, 0.2) is 0 Å². The van der Waals surface area contributed by atoms with E-state index in [0.717, 1.165) is 11.3 Å². The van der Waals surface area contributed by atoms with Crippen molar-refractivity contribution in [2.75, 3.05) is 18.6 Å². The lowest BCUT2D eigenvalue weighted by atomic mass is 9.61. The molecule has 0 radical (unpaired) electrons. The van der Waals surface area contributed by atoms with Crippen LogP contribution in [0.5, 0.6) is 0 Å². The van der Waals surface area contributed by atoms with Crippen molar-refractivity contribution in [3.8, 4) is 0 Å². The fraction of sp³-hybridized carbons (Fsp3) is 0.400. The van der Waals surface area contributed by atoms with Crippen LogP contribution in [0.15, 0.2) is 65.8 Å². The highest BCUT2D eigenvalue weighted by Crippen LogP contribution is 2.47. The Morgan fingerprint density at radius 2 is 1.56 bits per heavy atom. The van der Waals surface area contributed by atoms with Crippen molar-refractivity contribution in [3.05, 3.63) is 66.2 Å². The average Bonchev–Trinajstić information content (AvgIpc) is 2.78. The molecule has 170 valence electrons. The molecule has 2 aromatic rings. The Balaban J connectivity index is 2.12. The zero-order chi connectivity index (χ0) is 23.1. The van der Waals surface area contributed by atoms with Gasteiger partial charge in [0, 0.05) is 12.3 Å². The summed E-state index contributed by atoms with van der Waals surface area (Å²) in [6, 6.07) is 18.5. The van der Waals surface area contributed by atoms with Gasteiger partial charge in [-0.3, -0.25) is 15.0 Å².